The van der Waals surface area contributed by atoms with Gasteiger partial charge in [-0.05, 0) is 24.3 Å². The average molecular weight is 429 g/mol. The van der Waals surface area contributed by atoms with Crippen LogP contribution in [0.1, 0.15) is 41.5 Å². The molecule has 1 aromatic heterocycles. The highest BCUT2D eigenvalue weighted by molar-refractivity contribution is 7.22. The fraction of sp³-hybridized carbons (Fsp3) is 0.480. The van der Waals surface area contributed by atoms with E-state index < -0.39 is 0 Å². The lowest BCUT2D eigenvalue weighted by Gasteiger charge is -2.37. The number of hydrogen-bond acceptors (Lipinski definition) is 5. The Morgan fingerprint density at radius 2 is 1.37 bits per heavy atom. The van der Waals surface area contributed by atoms with Crippen LogP contribution >= 0.6 is 11.3 Å². The number of para-hydroxylation sites is 2. The van der Waals surface area contributed by atoms with Crippen molar-refractivity contribution < 1.29 is 0 Å². The number of fused-ring (bicyclic) bond motifs is 1. The average Bonchev–Trinajstić information content (AvgIpc) is 3.29. The molecule has 166 valence electrons. The standard InChI is InChI=1S/C19H22N4S.3C2H6/c1-21(19-20-17-9-5-6-10-18(17)24-19)15-22-11-13-23(14-12-22)16-7-3-2-4-8-16;3*1-2/h2-10H,11-15H2,1H3;3*1-2H3. The number of hydrogen-bond donors (Lipinski definition) is 0. The first-order valence-corrected chi connectivity index (χ1v) is 12.2. The van der Waals surface area contributed by atoms with Crippen LogP contribution in [-0.4, -0.2) is 49.8 Å². The molecule has 0 saturated carbocycles. The van der Waals surface area contributed by atoms with Gasteiger partial charge < -0.3 is 9.80 Å². The van der Waals surface area contributed by atoms with E-state index in [4.69, 9.17) is 4.98 Å². The third-order valence-electron chi connectivity index (χ3n) is 4.51. The molecule has 3 aromatic rings. The van der Waals surface area contributed by atoms with Crippen LogP contribution in [0, 0.1) is 0 Å². The zero-order valence-corrected chi connectivity index (χ0v) is 20.7. The van der Waals surface area contributed by atoms with Crippen molar-refractivity contribution in [3.8, 4) is 0 Å². The Morgan fingerprint density at radius 3 is 1.97 bits per heavy atom. The fourth-order valence-electron chi connectivity index (χ4n) is 3.17. The first-order valence-electron chi connectivity index (χ1n) is 11.4. The van der Waals surface area contributed by atoms with Gasteiger partial charge in [-0.15, -0.1) is 0 Å². The summed E-state index contributed by atoms with van der Waals surface area (Å²) in [7, 11) is 2.14. The van der Waals surface area contributed by atoms with E-state index in [1.807, 2.05) is 41.5 Å². The molecule has 4 nitrogen and oxygen atoms in total. The summed E-state index contributed by atoms with van der Waals surface area (Å²) < 4.78 is 1.26. The molecule has 2 heterocycles. The minimum atomic E-state index is 0.933. The Balaban J connectivity index is 0.000000691. The van der Waals surface area contributed by atoms with E-state index in [1.54, 1.807) is 11.3 Å². The molecular weight excluding hydrogens is 388 g/mol. The molecule has 5 heteroatoms. The minimum Gasteiger partial charge on any atom is -0.369 e. The van der Waals surface area contributed by atoms with Crippen molar-refractivity contribution in [3.63, 3.8) is 0 Å². The molecule has 0 radical (unpaired) electrons. The van der Waals surface area contributed by atoms with Gasteiger partial charge in [0.1, 0.15) is 0 Å². The molecule has 30 heavy (non-hydrogen) atoms. The van der Waals surface area contributed by atoms with E-state index in [9.17, 15) is 0 Å². The molecule has 4 rings (SSSR count). The topological polar surface area (TPSA) is 22.6 Å². The van der Waals surface area contributed by atoms with Crippen LogP contribution < -0.4 is 9.80 Å². The van der Waals surface area contributed by atoms with E-state index in [0.29, 0.717) is 0 Å². The van der Waals surface area contributed by atoms with Gasteiger partial charge in [-0.2, -0.15) is 0 Å². The lowest BCUT2D eigenvalue weighted by atomic mass is 10.2. The summed E-state index contributed by atoms with van der Waals surface area (Å²) in [6.07, 6.45) is 0. The molecule has 0 amide bonds. The maximum absolute atomic E-state index is 4.75. The van der Waals surface area contributed by atoms with Gasteiger partial charge in [0.15, 0.2) is 5.13 Å². The molecule has 0 bridgehead atoms. The number of thiazole rings is 1. The molecule has 1 aliphatic heterocycles. The van der Waals surface area contributed by atoms with E-state index in [2.05, 4.69) is 76.3 Å². The van der Waals surface area contributed by atoms with Gasteiger partial charge >= 0.3 is 0 Å². The number of aromatic nitrogens is 1. The number of nitrogens with zero attached hydrogens (tertiary/aromatic N) is 4. The Morgan fingerprint density at radius 1 is 0.800 bits per heavy atom. The predicted molar refractivity (Wildman–Crippen MR) is 137 cm³/mol. The maximum Gasteiger partial charge on any atom is 0.187 e. The summed E-state index contributed by atoms with van der Waals surface area (Å²) in [5.41, 5.74) is 2.43. The lowest BCUT2D eigenvalue weighted by Crippen LogP contribution is -2.49. The van der Waals surface area contributed by atoms with Crippen LogP contribution in [0.4, 0.5) is 10.8 Å². The van der Waals surface area contributed by atoms with Crippen molar-refractivity contribution in [1.82, 2.24) is 9.88 Å². The van der Waals surface area contributed by atoms with Gasteiger partial charge in [0.2, 0.25) is 0 Å². The fourth-order valence-corrected chi connectivity index (χ4v) is 4.09. The number of anilines is 2. The van der Waals surface area contributed by atoms with Crippen LogP contribution in [0.5, 0.6) is 0 Å². The second kappa shape index (κ2) is 14.8. The van der Waals surface area contributed by atoms with Gasteiger partial charge in [-0.3, -0.25) is 4.90 Å². The predicted octanol–water partition coefficient (Wildman–Crippen LogP) is 6.59. The van der Waals surface area contributed by atoms with Crippen molar-refractivity contribution in [2.24, 2.45) is 0 Å². The summed E-state index contributed by atoms with van der Waals surface area (Å²) in [6.45, 7) is 17.3. The third kappa shape index (κ3) is 7.29. The molecule has 1 fully saturated rings. The lowest BCUT2D eigenvalue weighted by molar-refractivity contribution is 0.260. The first kappa shape index (κ1) is 25.9. The summed E-state index contributed by atoms with van der Waals surface area (Å²) in [4.78, 5) is 12.0. The highest BCUT2D eigenvalue weighted by Crippen LogP contribution is 2.28. The summed E-state index contributed by atoms with van der Waals surface area (Å²) in [5, 5.41) is 1.10. The van der Waals surface area contributed by atoms with Crippen molar-refractivity contribution in [1.29, 1.82) is 0 Å². The maximum atomic E-state index is 4.75. The smallest absolute Gasteiger partial charge is 0.187 e. The highest BCUT2D eigenvalue weighted by atomic mass is 32.1. The van der Waals surface area contributed by atoms with E-state index in [0.717, 1.165) is 43.5 Å². The summed E-state index contributed by atoms with van der Waals surface area (Å²) in [6, 6.07) is 19.1. The van der Waals surface area contributed by atoms with Crippen LogP contribution in [0.3, 0.4) is 0 Å². The minimum absolute atomic E-state index is 0.933. The quantitative estimate of drug-likeness (QED) is 0.467. The molecule has 0 spiro atoms. The normalized spacial score (nSPS) is 13.2. The third-order valence-corrected chi connectivity index (χ3v) is 5.67. The number of rotatable bonds is 4. The summed E-state index contributed by atoms with van der Waals surface area (Å²) in [5.74, 6) is 0. The van der Waals surface area contributed by atoms with Crippen LogP contribution in [0.15, 0.2) is 54.6 Å². The van der Waals surface area contributed by atoms with Crippen LogP contribution in [0.2, 0.25) is 0 Å². The highest BCUT2D eigenvalue weighted by Gasteiger charge is 2.19. The first-order chi connectivity index (χ1) is 14.8. The van der Waals surface area contributed by atoms with Crippen molar-refractivity contribution in [3.05, 3.63) is 54.6 Å². The monoisotopic (exact) mass is 428 g/mol. The molecule has 1 aliphatic rings. The summed E-state index contributed by atoms with van der Waals surface area (Å²) >= 11 is 1.77. The van der Waals surface area contributed by atoms with Crippen molar-refractivity contribution >= 4 is 32.4 Å². The zero-order chi connectivity index (χ0) is 22.4. The van der Waals surface area contributed by atoms with Gasteiger partial charge in [0.25, 0.3) is 0 Å². The van der Waals surface area contributed by atoms with Crippen molar-refractivity contribution in [2.45, 2.75) is 41.5 Å². The molecule has 0 aliphatic carbocycles. The van der Waals surface area contributed by atoms with Crippen molar-refractivity contribution in [2.75, 3.05) is 49.7 Å². The van der Waals surface area contributed by atoms with Gasteiger partial charge in [-0.1, -0.05) is 83.2 Å². The van der Waals surface area contributed by atoms with E-state index in [1.165, 1.54) is 10.4 Å². The Bertz CT molecular complexity index is 762. The number of piperazine rings is 1. The molecular formula is C25H40N4S. The molecule has 2 aromatic carbocycles. The Hall–Kier alpha value is -2.11. The second-order valence-corrected chi connectivity index (χ2v) is 7.25. The van der Waals surface area contributed by atoms with Gasteiger partial charge in [0, 0.05) is 38.9 Å². The molecule has 1 saturated heterocycles. The van der Waals surface area contributed by atoms with E-state index in [-0.39, 0.29) is 0 Å². The molecule has 0 N–H and O–H groups in total. The SMILES string of the molecule is CC.CC.CC.CN(CN1CCN(c2ccccc2)CC1)c1nc2ccccc2s1. The van der Waals surface area contributed by atoms with Crippen LogP contribution in [-0.2, 0) is 0 Å². The molecule has 0 unspecified atom stereocenters. The van der Waals surface area contributed by atoms with E-state index >= 15 is 0 Å². The Kier molecular flexibility index (Phi) is 12.8. The zero-order valence-electron chi connectivity index (χ0n) is 19.9. The van der Waals surface area contributed by atoms with Crippen LogP contribution in [0.25, 0.3) is 10.2 Å². The van der Waals surface area contributed by atoms with Gasteiger partial charge in [-0.25, -0.2) is 4.98 Å². The second-order valence-electron chi connectivity index (χ2n) is 6.24. The molecule has 0 atom stereocenters. The number of benzene rings is 2. The largest absolute Gasteiger partial charge is 0.369 e. The Labute approximate surface area is 188 Å². The van der Waals surface area contributed by atoms with Gasteiger partial charge in [0.05, 0.1) is 16.9 Å².